The predicted octanol–water partition coefficient (Wildman–Crippen LogP) is 14.4. The number of aliphatic hydroxyl groups is 2. The number of nitrogens with zero attached hydrogens (tertiary/aromatic N) is 1. The molecule has 0 radical (unpaired) electrons. The molecule has 0 aromatic heterocycles. The topological polar surface area (TPSA) is 125 Å². The zero-order valence-corrected chi connectivity index (χ0v) is 43.8. The summed E-state index contributed by atoms with van der Waals surface area (Å²) < 4.78 is 23.5. The molecule has 0 aromatic carbocycles. The first-order valence-corrected chi connectivity index (χ1v) is 27.5. The highest BCUT2D eigenvalue weighted by Crippen LogP contribution is 2.43. The van der Waals surface area contributed by atoms with E-state index in [1.54, 1.807) is 0 Å². The number of allylic oxidation sites excluding steroid dienone is 20. The Morgan fingerprint density at radius 1 is 0.537 bits per heavy atom. The summed E-state index contributed by atoms with van der Waals surface area (Å²) in [6.45, 7) is 4.39. The highest BCUT2D eigenvalue weighted by molar-refractivity contribution is 7.47. The molecule has 0 aromatic rings. The number of hydrogen-bond acceptors (Lipinski definition) is 6. The van der Waals surface area contributed by atoms with E-state index < -0.39 is 32.7 Å². The third kappa shape index (κ3) is 47.7. The van der Waals surface area contributed by atoms with E-state index in [-0.39, 0.29) is 18.9 Å². The smallest absolute Gasteiger partial charge is 0.390 e. The third-order valence-electron chi connectivity index (χ3n) is 10.8. The normalized spacial score (nSPS) is 15.5. The van der Waals surface area contributed by atoms with Gasteiger partial charge in [-0.1, -0.05) is 174 Å². The Balaban J connectivity index is 4.37. The van der Waals surface area contributed by atoms with Crippen LogP contribution in [0.2, 0.25) is 0 Å². The minimum absolute atomic E-state index is 0.00336. The highest BCUT2D eigenvalue weighted by atomic mass is 31.2. The fourth-order valence-corrected chi connectivity index (χ4v) is 7.38. The summed E-state index contributed by atoms with van der Waals surface area (Å²) in [5, 5.41) is 24.7. The summed E-state index contributed by atoms with van der Waals surface area (Å²) >= 11 is 0. The largest absolute Gasteiger partial charge is 0.472 e. The molecule has 0 saturated heterocycles. The number of carbonyl (C=O) groups is 1. The van der Waals surface area contributed by atoms with Gasteiger partial charge >= 0.3 is 7.82 Å². The fourth-order valence-electron chi connectivity index (χ4n) is 6.64. The molecule has 0 saturated carbocycles. The molecule has 1 amide bonds. The predicted molar refractivity (Wildman–Crippen MR) is 287 cm³/mol. The molecule has 4 atom stereocenters. The van der Waals surface area contributed by atoms with Crippen molar-refractivity contribution in [3.63, 3.8) is 0 Å². The molecule has 10 heteroatoms. The number of quaternary nitrogens is 1. The highest BCUT2D eigenvalue weighted by Gasteiger charge is 2.31. The zero-order valence-electron chi connectivity index (χ0n) is 42.9. The molecule has 382 valence electrons. The van der Waals surface area contributed by atoms with Gasteiger partial charge in [-0.2, -0.15) is 0 Å². The van der Waals surface area contributed by atoms with E-state index in [9.17, 15) is 24.5 Å². The van der Waals surface area contributed by atoms with E-state index in [1.807, 2.05) is 21.1 Å². The lowest BCUT2D eigenvalue weighted by atomic mass is 10.0. The third-order valence-corrected chi connectivity index (χ3v) is 11.7. The maximum atomic E-state index is 13.0. The van der Waals surface area contributed by atoms with Gasteiger partial charge in [-0.3, -0.25) is 13.8 Å². The first-order chi connectivity index (χ1) is 32.4. The molecule has 0 aliphatic rings. The Hall–Kier alpha value is -3.14. The van der Waals surface area contributed by atoms with E-state index >= 15 is 0 Å². The van der Waals surface area contributed by atoms with Gasteiger partial charge in [0.25, 0.3) is 0 Å². The van der Waals surface area contributed by atoms with Crippen molar-refractivity contribution >= 4 is 13.7 Å². The lowest BCUT2D eigenvalue weighted by Gasteiger charge is -2.28. The van der Waals surface area contributed by atoms with E-state index in [2.05, 4.69) is 141 Å². The van der Waals surface area contributed by atoms with Crippen LogP contribution in [0.5, 0.6) is 0 Å². The average molecular weight is 954 g/mol. The standard InChI is InChI=1S/C57H97N2O7P/c1-6-8-10-12-14-16-18-20-21-22-23-24-25-26-27-28-29-30-31-32-33-34-35-36-37-38-40-42-44-46-48-50-56(61)58-54(53-66-67(63,64)65-52-51-59(3,4)5)57(62)55(60)49-47-45-43-41-39-19-17-15-13-11-9-7-2/h8,10,14-17,20-21,23-24,26-27,29-30,32-33,35-36,41,43,54-55,57,60,62H,6-7,9,11-13,18-19,22,25,28,31,34,37-40,42,44-53H2,1-5H3,(H-,58,61,63,64)/p+1/b10-8-,16-14-,17-15+,21-20-,24-23-,27-26-,30-29-,33-32-,36-35-,43-41+. The summed E-state index contributed by atoms with van der Waals surface area (Å²) in [5.74, 6) is -0.294. The Labute approximate surface area is 410 Å². The van der Waals surface area contributed by atoms with Gasteiger partial charge in [0.2, 0.25) is 5.91 Å². The maximum Gasteiger partial charge on any atom is 0.472 e. The van der Waals surface area contributed by atoms with Crippen molar-refractivity contribution in [2.24, 2.45) is 0 Å². The van der Waals surface area contributed by atoms with Crippen molar-refractivity contribution in [2.75, 3.05) is 40.9 Å². The van der Waals surface area contributed by atoms with Crippen LogP contribution in [-0.2, 0) is 18.4 Å². The minimum Gasteiger partial charge on any atom is -0.390 e. The molecule has 0 aliphatic heterocycles. The van der Waals surface area contributed by atoms with Gasteiger partial charge in [0.1, 0.15) is 19.3 Å². The Kier molecular flexibility index (Phi) is 44.4. The van der Waals surface area contributed by atoms with Crippen LogP contribution < -0.4 is 5.32 Å². The number of carbonyl (C=O) groups excluding carboxylic acids is 1. The molecule has 4 N–H and O–H groups in total. The Morgan fingerprint density at radius 2 is 0.940 bits per heavy atom. The van der Waals surface area contributed by atoms with Gasteiger partial charge in [0, 0.05) is 6.42 Å². The lowest BCUT2D eigenvalue weighted by molar-refractivity contribution is -0.870. The first kappa shape index (κ1) is 63.9. The molecule has 67 heavy (non-hydrogen) atoms. The van der Waals surface area contributed by atoms with Gasteiger partial charge in [0.05, 0.1) is 39.9 Å². The van der Waals surface area contributed by atoms with Crippen LogP contribution in [0.4, 0.5) is 0 Å². The van der Waals surface area contributed by atoms with Gasteiger partial charge in [-0.25, -0.2) is 4.57 Å². The monoisotopic (exact) mass is 954 g/mol. The molecule has 0 bridgehead atoms. The first-order valence-electron chi connectivity index (χ1n) is 26.0. The van der Waals surface area contributed by atoms with Crippen LogP contribution in [-0.4, -0.2) is 84.6 Å². The second-order valence-electron chi connectivity index (χ2n) is 18.3. The van der Waals surface area contributed by atoms with Crippen LogP contribution in [0, 0.1) is 0 Å². The van der Waals surface area contributed by atoms with Crippen molar-refractivity contribution in [2.45, 2.75) is 193 Å². The summed E-state index contributed by atoms with van der Waals surface area (Å²) in [6.07, 6.45) is 65.6. The molecule has 0 aliphatic carbocycles. The SMILES string of the molecule is CC/C=C\C/C=C\C/C=C\C/C=C\C/C=C\C/C=C\C/C=C\C/C=C\CCCCCCCCC(=O)NC(COP(=O)(O)OCC[N+](C)(C)C)C(O)C(O)CCC/C=C/CC/C=C/CCCCC. The number of nitrogens with one attached hydrogen (secondary N) is 1. The van der Waals surface area contributed by atoms with Crippen LogP contribution in [0.25, 0.3) is 0 Å². The molecule has 0 spiro atoms. The number of rotatable bonds is 45. The molecule has 0 heterocycles. The van der Waals surface area contributed by atoms with Gasteiger partial charge < -0.3 is 24.9 Å². The van der Waals surface area contributed by atoms with E-state index in [0.29, 0.717) is 30.3 Å². The van der Waals surface area contributed by atoms with Crippen LogP contribution >= 0.6 is 7.82 Å². The number of phosphoric ester groups is 1. The molecular formula is C57H98N2O7P+. The Bertz CT molecular complexity index is 1520. The molecule has 0 fully saturated rings. The fraction of sp³-hybridized carbons (Fsp3) is 0.632. The number of unbranched alkanes of at least 4 members (excludes halogenated alkanes) is 11. The van der Waals surface area contributed by atoms with Crippen LogP contribution in [0.3, 0.4) is 0 Å². The molecule has 0 rings (SSSR count). The quantitative estimate of drug-likeness (QED) is 0.0207. The maximum absolute atomic E-state index is 13.0. The Morgan fingerprint density at radius 3 is 1.42 bits per heavy atom. The second-order valence-corrected chi connectivity index (χ2v) is 19.7. The summed E-state index contributed by atoms with van der Waals surface area (Å²) in [4.78, 5) is 23.2. The van der Waals surface area contributed by atoms with Crippen molar-refractivity contribution < 1.29 is 38.0 Å². The van der Waals surface area contributed by atoms with Gasteiger partial charge in [0.15, 0.2) is 0 Å². The number of hydrogen-bond donors (Lipinski definition) is 4. The van der Waals surface area contributed by atoms with Crippen molar-refractivity contribution in [1.82, 2.24) is 5.32 Å². The zero-order chi connectivity index (χ0) is 49.4. The number of amides is 1. The molecular weight excluding hydrogens is 856 g/mol. The number of aliphatic hydroxyl groups excluding tert-OH is 2. The van der Waals surface area contributed by atoms with E-state index in [4.69, 9.17) is 9.05 Å². The average Bonchev–Trinajstić information content (AvgIpc) is 3.29. The van der Waals surface area contributed by atoms with Gasteiger partial charge in [-0.15, -0.1) is 0 Å². The summed E-state index contributed by atoms with van der Waals surface area (Å²) in [7, 11) is 1.38. The minimum atomic E-state index is -4.44. The van der Waals surface area contributed by atoms with E-state index in [1.165, 1.54) is 19.3 Å². The van der Waals surface area contributed by atoms with Crippen LogP contribution in [0.1, 0.15) is 174 Å². The summed E-state index contributed by atoms with van der Waals surface area (Å²) in [6, 6.07) is -1.07. The van der Waals surface area contributed by atoms with Crippen molar-refractivity contribution in [1.29, 1.82) is 0 Å². The lowest BCUT2D eigenvalue weighted by Crippen LogP contribution is -2.51. The molecule has 9 nitrogen and oxygen atoms in total. The number of likely N-dealkylation sites (N-methyl/N-ethyl adjacent to an activating group) is 1. The van der Waals surface area contributed by atoms with Crippen molar-refractivity contribution in [3.8, 4) is 0 Å². The van der Waals surface area contributed by atoms with Crippen LogP contribution in [0.15, 0.2) is 122 Å². The van der Waals surface area contributed by atoms with E-state index in [0.717, 1.165) is 116 Å². The second kappa shape index (κ2) is 46.6. The van der Waals surface area contributed by atoms with Gasteiger partial charge in [-0.05, 0) is 116 Å². The molecule has 4 unspecified atom stereocenters. The summed E-state index contributed by atoms with van der Waals surface area (Å²) in [5.41, 5.74) is 0. The number of phosphoric acid groups is 1. The van der Waals surface area contributed by atoms with Crippen molar-refractivity contribution in [3.05, 3.63) is 122 Å².